The molecular weight excluding hydrogens is 396 g/mol. The van der Waals surface area contributed by atoms with Crippen molar-refractivity contribution < 1.29 is 24.5 Å². The lowest BCUT2D eigenvalue weighted by Gasteiger charge is -2.25. The number of aryl methyl sites for hydroxylation is 1. The molecule has 1 aromatic heterocycles. The third kappa shape index (κ3) is 3.40. The van der Waals surface area contributed by atoms with Crippen LogP contribution in [0.5, 0.6) is 11.5 Å². The fraction of sp³-hybridized carbons (Fsp3) is 0.125. The largest absolute Gasteiger partial charge is 0.507 e. The van der Waals surface area contributed by atoms with Gasteiger partial charge in [-0.15, -0.1) is 0 Å². The van der Waals surface area contributed by atoms with Gasteiger partial charge in [-0.05, 0) is 48.9 Å². The molecule has 1 saturated heterocycles. The Morgan fingerprint density at radius 3 is 2.52 bits per heavy atom. The number of aromatic nitrogens is 1. The average molecular weight is 416 g/mol. The summed E-state index contributed by atoms with van der Waals surface area (Å²) < 4.78 is 5.32. The zero-order valence-electron chi connectivity index (χ0n) is 16.9. The maximum absolute atomic E-state index is 13.1. The van der Waals surface area contributed by atoms with E-state index in [4.69, 9.17) is 4.74 Å². The molecule has 1 atom stereocenters. The molecule has 2 aromatic carbocycles. The molecule has 0 aliphatic carbocycles. The molecule has 1 fully saturated rings. The van der Waals surface area contributed by atoms with Gasteiger partial charge in [0, 0.05) is 6.20 Å². The van der Waals surface area contributed by atoms with Crippen molar-refractivity contribution >= 4 is 23.1 Å². The van der Waals surface area contributed by atoms with Crippen molar-refractivity contribution in [1.82, 2.24) is 4.98 Å². The number of aromatic hydroxyl groups is 1. The second-order valence-corrected chi connectivity index (χ2v) is 7.12. The van der Waals surface area contributed by atoms with Crippen LogP contribution >= 0.6 is 0 Å². The number of rotatable bonds is 4. The van der Waals surface area contributed by atoms with E-state index >= 15 is 0 Å². The summed E-state index contributed by atoms with van der Waals surface area (Å²) >= 11 is 0. The van der Waals surface area contributed by atoms with Crippen LogP contribution in [0.3, 0.4) is 0 Å². The van der Waals surface area contributed by atoms with Gasteiger partial charge in [0.2, 0.25) is 0 Å². The number of pyridine rings is 1. The molecule has 0 bridgehead atoms. The summed E-state index contributed by atoms with van der Waals surface area (Å²) in [5.41, 5.74) is 1.47. The Hall–Kier alpha value is -4.13. The minimum absolute atomic E-state index is 0.130. The molecule has 2 heterocycles. The maximum atomic E-state index is 13.1. The van der Waals surface area contributed by atoms with Gasteiger partial charge in [-0.3, -0.25) is 19.5 Å². The van der Waals surface area contributed by atoms with Gasteiger partial charge in [0.15, 0.2) is 0 Å². The van der Waals surface area contributed by atoms with Crippen molar-refractivity contribution in [2.75, 3.05) is 12.0 Å². The van der Waals surface area contributed by atoms with Crippen LogP contribution in [0, 0.1) is 6.92 Å². The van der Waals surface area contributed by atoms with Crippen molar-refractivity contribution in [2.24, 2.45) is 0 Å². The number of carbonyl (C=O) groups is 2. The number of hydrogen-bond donors (Lipinski definition) is 2. The van der Waals surface area contributed by atoms with Crippen LogP contribution in [0.15, 0.2) is 72.4 Å². The van der Waals surface area contributed by atoms with Crippen LogP contribution in [0.2, 0.25) is 0 Å². The third-order valence-corrected chi connectivity index (χ3v) is 5.16. The van der Waals surface area contributed by atoms with Crippen LogP contribution < -0.4 is 9.64 Å². The third-order valence-electron chi connectivity index (χ3n) is 5.16. The summed E-state index contributed by atoms with van der Waals surface area (Å²) in [6.45, 7) is 1.81. The number of anilines is 1. The first-order chi connectivity index (χ1) is 14.9. The van der Waals surface area contributed by atoms with E-state index in [1.807, 2.05) is 6.92 Å². The number of benzene rings is 2. The fourth-order valence-corrected chi connectivity index (χ4v) is 3.71. The SMILES string of the molecule is COc1ccccc1/C(O)=C1\C(=O)C(=O)N(c2cc(C)ccc2O)C1c1ccccn1. The first-order valence-corrected chi connectivity index (χ1v) is 9.59. The molecule has 0 radical (unpaired) electrons. The minimum atomic E-state index is -1.03. The van der Waals surface area contributed by atoms with Gasteiger partial charge < -0.3 is 14.9 Å². The molecule has 1 aliphatic heterocycles. The summed E-state index contributed by atoms with van der Waals surface area (Å²) in [6, 6.07) is 15.5. The van der Waals surface area contributed by atoms with Gasteiger partial charge in [-0.25, -0.2) is 0 Å². The molecule has 156 valence electrons. The Balaban J connectivity index is 2.00. The zero-order valence-corrected chi connectivity index (χ0v) is 16.9. The van der Waals surface area contributed by atoms with E-state index in [-0.39, 0.29) is 28.3 Å². The fourth-order valence-electron chi connectivity index (χ4n) is 3.71. The predicted octanol–water partition coefficient (Wildman–Crippen LogP) is 3.73. The number of aliphatic hydroxyl groups excluding tert-OH is 1. The molecule has 0 saturated carbocycles. The van der Waals surface area contributed by atoms with Crippen molar-refractivity contribution in [3.63, 3.8) is 0 Å². The summed E-state index contributed by atoms with van der Waals surface area (Å²) in [4.78, 5) is 31.7. The summed E-state index contributed by atoms with van der Waals surface area (Å²) in [5.74, 6) is -1.93. The molecule has 4 rings (SSSR count). The van der Waals surface area contributed by atoms with E-state index in [1.54, 1.807) is 54.6 Å². The molecule has 7 heteroatoms. The maximum Gasteiger partial charge on any atom is 0.300 e. The van der Waals surface area contributed by atoms with E-state index < -0.39 is 17.7 Å². The van der Waals surface area contributed by atoms with Crippen LogP contribution in [0.4, 0.5) is 5.69 Å². The highest BCUT2D eigenvalue weighted by Crippen LogP contribution is 2.45. The van der Waals surface area contributed by atoms with E-state index in [0.717, 1.165) is 5.56 Å². The number of para-hydroxylation sites is 1. The highest BCUT2D eigenvalue weighted by molar-refractivity contribution is 6.51. The Morgan fingerprint density at radius 2 is 1.81 bits per heavy atom. The number of ketones is 1. The number of hydrogen-bond acceptors (Lipinski definition) is 6. The monoisotopic (exact) mass is 416 g/mol. The average Bonchev–Trinajstić information content (AvgIpc) is 3.06. The molecule has 7 nitrogen and oxygen atoms in total. The van der Waals surface area contributed by atoms with Gasteiger partial charge >= 0.3 is 0 Å². The number of methoxy groups -OCH3 is 1. The molecule has 31 heavy (non-hydrogen) atoms. The van der Waals surface area contributed by atoms with E-state index in [0.29, 0.717) is 11.4 Å². The Morgan fingerprint density at radius 1 is 1.06 bits per heavy atom. The molecule has 1 aliphatic rings. The van der Waals surface area contributed by atoms with Crippen molar-refractivity contribution in [2.45, 2.75) is 13.0 Å². The highest BCUT2D eigenvalue weighted by atomic mass is 16.5. The van der Waals surface area contributed by atoms with Gasteiger partial charge in [0.25, 0.3) is 11.7 Å². The standard InChI is InChI=1S/C24H20N2O5/c1-14-10-11-18(27)17(13-14)26-21(16-8-5-6-12-25-16)20(23(29)24(26)30)22(28)15-7-3-4-9-19(15)31-2/h3-13,21,27-28H,1-2H3/b22-20+. The topological polar surface area (TPSA) is 100.0 Å². The van der Waals surface area contributed by atoms with Crippen LogP contribution in [0.25, 0.3) is 5.76 Å². The second kappa shape index (κ2) is 7.95. The predicted molar refractivity (Wildman–Crippen MR) is 115 cm³/mol. The first-order valence-electron chi connectivity index (χ1n) is 9.59. The van der Waals surface area contributed by atoms with Crippen LogP contribution in [0.1, 0.15) is 22.9 Å². The lowest BCUT2D eigenvalue weighted by molar-refractivity contribution is -0.132. The molecule has 3 aromatic rings. The van der Waals surface area contributed by atoms with Gasteiger partial charge in [-0.1, -0.05) is 24.3 Å². The minimum Gasteiger partial charge on any atom is -0.507 e. The van der Waals surface area contributed by atoms with Crippen LogP contribution in [-0.4, -0.2) is 34.0 Å². The number of aliphatic hydroxyl groups is 1. The second-order valence-electron chi connectivity index (χ2n) is 7.12. The summed E-state index contributed by atoms with van der Waals surface area (Å²) in [6.07, 6.45) is 1.54. The molecule has 1 amide bonds. The number of ether oxygens (including phenoxy) is 1. The number of phenolic OH excluding ortho intramolecular Hbond substituents is 1. The quantitative estimate of drug-likeness (QED) is 0.382. The van der Waals surface area contributed by atoms with Crippen molar-refractivity contribution in [1.29, 1.82) is 0 Å². The Bertz CT molecular complexity index is 1200. The van der Waals surface area contributed by atoms with Gasteiger partial charge in [0.1, 0.15) is 23.3 Å². The van der Waals surface area contributed by atoms with E-state index in [9.17, 15) is 19.8 Å². The number of nitrogens with zero attached hydrogens (tertiary/aromatic N) is 2. The summed E-state index contributed by atoms with van der Waals surface area (Å²) in [7, 11) is 1.45. The Labute approximate surface area is 178 Å². The lowest BCUT2D eigenvalue weighted by Crippen LogP contribution is -2.30. The first kappa shape index (κ1) is 20.2. The number of Topliss-reactive ketones (excluding diaryl/α,β-unsaturated/α-hetero) is 1. The highest BCUT2D eigenvalue weighted by Gasteiger charge is 2.48. The zero-order chi connectivity index (χ0) is 22.1. The lowest BCUT2D eigenvalue weighted by atomic mass is 9.97. The molecular formula is C24H20N2O5. The van der Waals surface area contributed by atoms with E-state index in [2.05, 4.69) is 4.98 Å². The van der Waals surface area contributed by atoms with Crippen molar-refractivity contribution in [3.05, 3.63) is 89.3 Å². The summed E-state index contributed by atoms with van der Waals surface area (Å²) in [5, 5.41) is 21.6. The van der Waals surface area contributed by atoms with E-state index in [1.165, 1.54) is 24.3 Å². The smallest absolute Gasteiger partial charge is 0.300 e. The normalized spacial score (nSPS) is 17.7. The number of phenols is 1. The number of amides is 1. The Kier molecular flexibility index (Phi) is 5.17. The number of carbonyl (C=O) groups excluding carboxylic acids is 2. The van der Waals surface area contributed by atoms with Crippen LogP contribution in [-0.2, 0) is 9.59 Å². The van der Waals surface area contributed by atoms with Gasteiger partial charge in [-0.2, -0.15) is 0 Å². The van der Waals surface area contributed by atoms with Crippen molar-refractivity contribution in [3.8, 4) is 11.5 Å². The molecule has 0 spiro atoms. The molecule has 1 unspecified atom stereocenters. The molecule has 2 N–H and O–H groups in total. The van der Waals surface area contributed by atoms with Gasteiger partial charge in [0.05, 0.1) is 29.6 Å².